The van der Waals surface area contributed by atoms with E-state index >= 15 is 0 Å². The maximum absolute atomic E-state index is 11.5. The molecular weight excluding hydrogens is 234 g/mol. The van der Waals surface area contributed by atoms with Gasteiger partial charge in [-0.1, -0.05) is 23.7 Å². The van der Waals surface area contributed by atoms with Crippen LogP contribution in [0.4, 0.5) is 0 Å². The Morgan fingerprint density at radius 2 is 1.93 bits per heavy atom. The van der Waals surface area contributed by atoms with Gasteiger partial charge in [-0.2, -0.15) is 8.42 Å². The van der Waals surface area contributed by atoms with Crippen molar-refractivity contribution < 1.29 is 13.2 Å². The van der Waals surface area contributed by atoms with Crippen molar-refractivity contribution in [1.29, 1.82) is 0 Å². The summed E-state index contributed by atoms with van der Waals surface area (Å²) in [5.74, 6) is 0. The fourth-order valence-electron chi connectivity index (χ4n) is 1.05. The van der Waals surface area contributed by atoms with Gasteiger partial charge in [0.2, 0.25) is 0 Å². The molecule has 0 N–H and O–H groups in total. The van der Waals surface area contributed by atoms with E-state index in [2.05, 4.69) is 3.77 Å². The molecule has 4 nitrogen and oxygen atoms in total. The first-order valence-electron chi connectivity index (χ1n) is 4.19. The number of sulfonamides is 1. The number of aldehydes is 1. The lowest BCUT2D eigenvalue weighted by atomic mass is 10.2. The van der Waals surface area contributed by atoms with Crippen LogP contribution >= 0.6 is 0 Å². The van der Waals surface area contributed by atoms with Crippen LogP contribution in [-0.2, 0) is 32.8 Å². The molecule has 1 rings (SSSR count). The van der Waals surface area contributed by atoms with Crippen LogP contribution in [0.3, 0.4) is 0 Å². The first-order chi connectivity index (χ1) is 7.10. The molecule has 0 bridgehead atoms. The van der Waals surface area contributed by atoms with Crippen LogP contribution < -0.4 is 0 Å². The maximum Gasteiger partial charge on any atom is 0.287 e. The highest BCUT2D eigenvalue weighted by molar-refractivity contribution is 7.94. The fourth-order valence-corrected chi connectivity index (χ4v) is 2.77. The van der Waals surface area contributed by atoms with Gasteiger partial charge in [-0.3, -0.25) is 0 Å². The summed E-state index contributed by atoms with van der Waals surface area (Å²) >= 11 is 0.456. The number of rotatable bonds is 4. The average Bonchev–Trinajstić information content (AvgIpc) is 2.19. The summed E-state index contributed by atoms with van der Waals surface area (Å²) in [6, 6.07) is 6.15. The molecule has 0 fully saturated rings. The van der Waals surface area contributed by atoms with Gasteiger partial charge >= 0.3 is 0 Å². The summed E-state index contributed by atoms with van der Waals surface area (Å²) in [4.78, 5) is 10.4. The molecule has 0 radical (unpaired) electrons. The third-order valence-corrected chi connectivity index (χ3v) is 4.11. The van der Waals surface area contributed by atoms with Crippen LogP contribution in [0.15, 0.2) is 32.9 Å². The van der Waals surface area contributed by atoms with Crippen molar-refractivity contribution in [2.75, 3.05) is 6.26 Å². The molecule has 0 aliphatic heterocycles. The van der Waals surface area contributed by atoms with Crippen molar-refractivity contribution in [3.63, 3.8) is 0 Å². The lowest BCUT2D eigenvalue weighted by molar-refractivity contribution is -0.107. The zero-order chi connectivity index (χ0) is 11.3. The standard InChI is InChI=1S/C9H11NO3S2/c1-14-10-15(12,13)9-4-2-8(3-5-9)6-7-11/h2-5,7,14H,6H2,1H3. The number of thiol groups is 1. The van der Waals surface area contributed by atoms with Gasteiger partial charge in [0.05, 0.1) is 4.90 Å². The second kappa shape index (κ2) is 5.18. The molecule has 0 unspecified atom stereocenters. The Morgan fingerprint density at radius 1 is 1.33 bits per heavy atom. The Kier molecular flexibility index (Phi) is 4.16. The molecule has 0 saturated heterocycles. The molecule has 82 valence electrons. The Morgan fingerprint density at radius 3 is 2.40 bits per heavy atom. The van der Waals surface area contributed by atoms with Gasteiger partial charge < -0.3 is 4.79 Å². The molecule has 15 heavy (non-hydrogen) atoms. The SMILES string of the molecule is C[SH]=NS(=O)(=O)c1ccc(CC=O)cc1. The third kappa shape index (κ3) is 3.24. The van der Waals surface area contributed by atoms with Crippen molar-refractivity contribution in [3.05, 3.63) is 29.8 Å². The lowest BCUT2D eigenvalue weighted by Gasteiger charge is -1.99. The quantitative estimate of drug-likeness (QED) is 0.629. The van der Waals surface area contributed by atoms with E-state index in [0.717, 1.165) is 11.8 Å². The Labute approximate surface area is 92.5 Å². The van der Waals surface area contributed by atoms with Crippen LogP contribution in [-0.4, -0.2) is 21.0 Å². The molecule has 0 amide bonds. The van der Waals surface area contributed by atoms with E-state index in [-0.39, 0.29) is 4.90 Å². The molecule has 0 aromatic heterocycles. The van der Waals surface area contributed by atoms with Gasteiger partial charge in [0.15, 0.2) is 0 Å². The van der Waals surface area contributed by atoms with Gasteiger partial charge in [-0.25, -0.2) is 0 Å². The first-order valence-corrected chi connectivity index (χ1v) is 6.92. The molecule has 6 heteroatoms. The van der Waals surface area contributed by atoms with Crippen LogP contribution in [0.25, 0.3) is 0 Å². The maximum atomic E-state index is 11.5. The predicted octanol–water partition coefficient (Wildman–Crippen LogP) is 0.745. The first kappa shape index (κ1) is 12.1. The van der Waals surface area contributed by atoms with Gasteiger partial charge in [0, 0.05) is 6.42 Å². The summed E-state index contributed by atoms with van der Waals surface area (Å²) in [5, 5.41) is 0. The highest BCUT2D eigenvalue weighted by Crippen LogP contribution is 2.13. The molecule has 0 heterocycles. The molecule has 0 aliphatic carbocycles. The largest absolute Gasteiger partial charge is 0.303 e. The second-order valence-corrected chi connectivity index (χ2v) is 5.25. The van der Waals surface area contributed by atoms with Crippen molar-refractivity contribution >= 4 is 27.9 Å². The van der Waals surface area contributed by atoms with Crippen molar-refractivity contribution in [2.24, 2.45) is 3.77 Å². The minimum atomic E-state index is -3.52. The molecular formula is C9H11NO3S2. The van der Waals surface area contributed by atoms with Crippen LogP contribution in [0.5, 0.6) is 0 Å². The molecule has 0 spiro atoms. The number of nitrogens with zero attached hydrogens (tertiary/aromatic N) is 1. The van der Waals surface area contributed by atoms with Crippen LogP contribution in [0.2, 0.25) is 0 Å². The predicted molar refractivity (Wildman–Crippen MR) is 60.5 cm³/mol. The minimum absolute atomic E-state index is 0.159. The van der Waals surface area contributed by atoms with Crippen molar-refractivity contribution in [2.45, 2.75) is 11.3 Å². The normalized spacial score (nSPS) is 12.3. The van der Waals surface area contributed by atoms with Gasteiger partial charge in [-0.05, 0) is 24.0 Å². The minimum Gasteiger partial charge on any atom is -0.303 e. The Balaban J connectivity index is 3.04. The third-order valence-electron chi connectivity index (χ3n) is 1.73. The van der Waals surface area contributed by atoms with Crippen molar-refractivity contribution in [3.8, 4) is 0 Å². The van der Waals surface area contributed by atoms with Crippen molar-refractivity contribution in [1.82, 2.24) is 0 Å². The summed E-state index contributed by atoms with van der Waals surface area (Å²) in [5.41, 5.74) is 0.790. The zero-order valence-corrected chi connectivity index (χ0v) is 9.83. The Bertz CT molecular complexity index is 463. The van der Waals surface area contributed by atoms with E-state index in [1.54, 1.807) is 18.4 Å². The molecule has 1 aromatic carbocycles. The highest BCUT2D eigenvalue weighted by Gasteiger charge is 2.10. The molecule has 0 aliphatic rings. The summed E-state index contributed by atoms with van der Waals surface area (Å²) < 4.78 is 26.4. The van der Waals surface area contributed by atoms with E-state index in [0.29, 0.717) is 18.0 Å². The topological polar surface area (TPSA) is 63.6 Å². The van der Waals surface area contributed by atoms with E-state index in [4.69, 9.17) is 0 Å². The average molecular weight is 245 g/mol. The van der Waals surface area contributed by atoms with E-state index < -0.39 is 10.0 Å². The highest BCUT2D eigenvalue weighted by atomic mass is 32.2. The number of hydrogen-bond acceptors (Lipinski definition) is 3. The smallest absolute Gasteiger partial charge is 0.287 e. The van der Waals surface area contributed by atoms with E-state index in [1.165, 1.54) is 12.1 Å². The second-order valence-electron chi connectivity index (χ2n) is 2.77. The molecule has 1 aromatic rings. The van der Waals surface area contributed by atoms with Crippen LogP contribution in [0.1, 0.15) is 5.56 Å². The van der Waals surface area contributed by atoms with Gasteiger partial charge in [-0.15, -0.1) is 3.77 Å². The van der Waals surface area contributed by atoms with Crippen LogP contribution in [0, 0.1) is 0 Å². The monoisotopic (exact) mass is 245 g/mol. The number of benzene rings is 1. The Hall–Kier alpha value is -1.01. The van der Waals surface area contributed by atoms with E-state index in [9.17, 15) is 13.2 Å². The summed E-state index contributed by atoms with van der Waals surface area (Å²) in [6.45, 7) is 0. The number of carbonyl (C=O) groups is 1. The lowest BCUT2D eigenvalue weighted by Crippen LogP contribution is -1.96. The van der Waals surface area contributed by atoms with Gasteiger partial charge in [0.1, 0.15) is 6.29 Å². The zero-order valence-electron chi connectivity index (χ0n) is 8.12. The number of hydrogen-bond donors (Lipinski definition) is 1. The molecule has 0 saturated carbocycles. The summed E-state index contributed by atoms with van der Waals surface area (Å²) in [6.07, 6.45) is 2.71. The van der Waals surface area contributed by atoms with E-state index in [1.807, 2.05) is 0 Å². The van der Waals surface area contributed by atoms with Gasteiger partial charge in [0.25, 0.3) is 10.0 Å². The molecule has 0 atom stereocenters. The fraction of sp³-hybridized carbons (Fsp3) is 0.222. The summed E-state index contributed by atoms with van der Waals surface area (Å²) in [7, 11) is -3.52. The number of carbonyl (C=O) groups excluding carboxylic acids is 1.